The monoisotopic (exact) mass is 283 g/mol. The molecule has 0 spiro atoms. The molecule has 0 aliphatic rings. The highest BCUT2D eigenvalue weighted by Crippen LogP contribution is 2.13. The van der Waals surface area contributed by atoms with Gasteiger partial charge in [-0.2, -0.15) is 0 Å². The molecule has 0 saturated heterocycles. The molecule has 0 aliphatic carbocycles. The number of hydrogen-bond donors (Lipinski definition) is 0. The summed E-state index contributed by atoms with van der Waals surface area (Å²) >= 11 is 0. The molecule has 110 valence electrons. The van der Waals surface area contributed by atoms with E-state index in [1.54, 1.807) is 7.11 Å². The number of methoxy groups -OCH3 is 1. The van der Waals surface area contributed by atoms with Crippen molar-refractivity contribution in [1.82, 2.24) is 4.90 Å². The predicted octanol–water partition coefficient (Wildman–Crippen LogP) is 2.71. The first-order valence-electron chi connectivity index (χ1n) is 7.13. The molecule has 21 heavy (non-hydrogen) atoms. The van der Waals surface area contributed by atoms with Gasteiger partial charge in [0.05, 0.1) is 13.7 Å². The second-order valence-electron chi connectivity index (χ2n) is 5.28. The van der Waals surface area contributed by atoms with Gasteiger partial charge in [0.15, 0.2) is 18.9 Å². The molecule has 3 heteroatoms. The lowest BCUT2D eigenvalue weighted by Crippen LogP contribution is -2.37. The minimum Gasteiger partial charge on any atom is -0.497 e. The van der Waals surface area contributed by atoms with Crippen molar-refractivity contribution in [3.63, 3.8) is 0 Å². The molecule has 0 unspecified atom stereocenters. The summed E-state index contributed by atoms with van der Waals surface area (Å²) in [6, 6.07) is 12.3. The molecule has 2 rings (SSSR count). The van der Waals surface area contributed by atoms with Gasteiger partial charge in [0, 0.05) is 12.1 Å². The first-order chi connectivity index (χ1) is 10.2. The smallest absolute Gasteiger partial charge is 0.169 e. The van der Waals surface area contributed by atoms with E-state index >= 15 is 0 Å². The summed E-state index contributed by atoms with van der Waals surface area (Å²) in [6.45, 7) is 2.06. The highest BCUT2D eigenvalue weighted by molar-refractivity contribution is 5.69. The molecule has 0 amide bonds. The molecular weight excluding hydrogens is 260 g/mol. The van der Waals surface area contributed by atoms with Gasteiger partial charge >= 0.3 is 0 Å². The molecule has 1 aromatic heterocycles. The second-order valence-corrected chi connectivity index (χ2v) is 5.28. The lowest BCUT2D eigenvalue weighted by Gasteiger charge is -2.05. The van der Waals surface area contributed by atoms with Gasteiger partial charge in [-0.25, -0.2) is 4.57 Å². The zero-order valence-corrected chi connectivity index (χ0v) is 13.0. The molecule has 0 atom stereocenters. The number of ether oxygens (including phenoxy) is 1. The van der Waals surface area contributed by atoms with Crippen LogP contribution in [0.2, 0.25) is 0 Å². The zero-order valence-electron chi connectivity index (χ0n) is 13.0. The number of benzene rings is 1. The van der Waals surface area contributed by atoms with Crippen LogP contribution in [0.25, 0.3) is 12.2 Å². The van der Waals surface area contributed by atoms with E-state index in [0.29, 0.717) is 0 Å². The van der Waals surface area contributed by atoms with E-state index in [2.05, 4.69) is 72.4 Å². The Bertz CT molecular complexity index is 571. The lowest BCUT2D eigenvalue weighted by molar-refractivity contribution is -0.696. The van der Waals surface area contributed by atoms with Crippen LogP contribution in [0.5, 0.6) is 5.75 Å². The average molecular weight is 283 g/mol. The van der Waals surface area contributed by atoms with E-state index in [0.717, 1.165) is 18.8 Å². The zero-order chi connectivity index (χ0) is 15.1. The molecule has 3 nitrogen and oxygen atoms in total. The number of aromatic nitrogens is 1. The Morgan fingerprint density at radius 3 is 2.05 bits per heavy atom. The van der Waals surface area contributed by atoms with Gasteiger partial charge in [-0.05, 0) is 37.4 Å². The van der Waals surface area contributed by atoms with E-state index in [-0.39, 0.29) is 0 Å². The minimum absolute atomic E-state index is 0.883. The molecular formula is C18H23N2O+. The van der Waals surface area contributed by atoms with Crippen molar-refractivity contribution in [2.45, 2.75) is 6.54 Å². The fourth-order valence-electron chi connectivity index (χ4n) is 1.95. The Kier molecular flexibility index (Phi) is 5.52. The Labute approximate surface area is 127 Å². The van der Waals surface area contributed by atoms with Crippen molar-refractivity contribution < 1.29 is 9.30 Å². The summed E-state index contributed by atoms with van der Waals surface area (Å²) in [5.41, 5.74) is 2.37. The maximum Gasteiger partial charge on any atom is 0.169 e. The quantitative estimate of drug-likeness (QED) is 0.758. The van der Waals surface area contributed by atoms with Crippen molar-refractivity contribution in [3.05, 3.63) is 59.9 Å². The third-order valence-electron chi connectivity index (χ3n) is 3.31. The van der Waals surface area contributed by atoms with Crippen LogP contribution in [0.3, 0.4) is 0 Å². The fraction of sp³-hybridized carbons (Fsp3) is 0.278. The van der Waals surface area contributed by atoms with E-state index in [9.17, 15) is 0 Å². The SMILES string of the molecule is COc1ccc(C=Cc2cc[n+](CCN(C)C)cc2)cc1. The van der Waals surface area contributed by atoms with E-state index in [1.807, 2.05) is 12.1 Å². The number of pyridine rings is 1. The predicted molar refractivity (Wildman–Crippen MR) is 87.1 cm³/mol. The molecule has 0 N–H and O–H groups in total. The summed E-state index contributed by atoms with van der Waals surface area (Å²) in [5.74, 6) is 0.883. The largest absolute Gasteiger partial charge is 0.497 e. The van der Waals surface area contributed by atoms with Crippen LogP contribution < -0.4 is 9.30 Å². The van der Waals surface area contributed by atoms with Crippen molar-refractivity contribution in [1.29, 1.82) is 0 Å². The minimum atomic E-state index is 0.883. The van der Waals surface area contributed by atoms with Gasteiger partial charge in [0.25, 0.3) is 0 Å². The average Bonchev–Trinajstić information content (AvgIpc) is 2.52. The molecule has 0 radical (unpaired) electrons. The Morgan fingerprint density at radius 2 is 1.52 bits per heavy atom. The maximum atomic E-state index is 5.15. The molecule has 0 bridgehead atoms. The fourth-order valence-corrected chi connectivity index (χ4v) is 1.95. The van der Waals surface area contributed by atoms with Crippen molar-refractivity contribution in [2.24, 2.45) is 0 Å². The van der Waals surface area contributed by atoms with Crippen LogP contribution in [0.4, 0.5) is 0 Å². The van der Waals surface area contributed by atoms with Gasteiger partial charge in [-0.1, -0.05) is 24.3 Å². The third kappa shape index (κ3) is 5.04. The van der Waals surface area contributed by atoms with E-state index < -0.39 is 0 Å². The van der Waals surface area contributed by atoms with Gasteiger partial charge in [0.1, 0.15) is 5.75 Å². The van der Waals surface area contributed by atoms with Crippen molar-refractivity contribution >= 4 is 12.2 Å². The molecule has 1 aromatic carbocycles. The Morgan fingerprint density at radius 1 is 0.952 bits per heavy atom. The van der Waals surface area contributed by atoms with Crippen LogP contribution in [0.1, 0.15) is 11.1 Å². The molecule has 0 fully saturated rings. The first-order valence-corrected chi connectivity index (χ1v) is 7.13. The van der Waals surface area contributed by atoms with Crippen LogP contribution >= 0.6 is 0 Å². The number of likely N-dealkylation sites (N-methyl/N-ethyl adjacent to an activating group) is 1. The Hall–Kier alpha value is -2.13. The van der Waals surface area contributed by atoms with E-state index in [1.165, 1.54) is 11.1 Å². The Balaban J connectivity index is 1.97. The summed E-state index contributed by atoms with van der Waals surface area (Å²) in [6.07, 6.45) is 8.48. The van der Waals surface area contributed by atoms with Gasteiger partial charge in [-0.15, -0.1) is 0 Å². The molecule has 2 aromatic rings. The summed E-state index contributed by atoms with van der Waals surface area (Å²) in [7, 11) is 5.86. The van der Waals surface area contributed by atoms with Crippen molar-refractivity contribution in [2.75, 3.05) is 27.7 Å². The summed E-state index contributed by atoms with van der Waals surface area (Å²) in [5, 5.41) is 0. The number of hydrogen-bond acceptors (Lipinski definition) is 2. The third-order valence-corrected chi connectivity index (χ3v) is 3.31. The van der Waals surface area contributed by atoms with Crippen LogP contribution in [0, 0.1) is 0 Å². The van der Waals surface area contributed by atoms with Crippen LogP contribution in [-0.4, -0.2) is 32.6 Å². The normalized spacial score (nSPS) is 11.2. The maximum absolute atomic E-state index is 5.15. The number of nitrogens with zero attached hydrogens (tertiary/aromatic N) is 2. The topological polar surface area (TPSA) is 16.4 Å². The summed E-state index contributed by atoms with van der Waals surface area (Å²) < 4.78 is 7.35. The van der Waals surface area contributed by atoms with Crippen LogP contribution in [-0.2, 0) is 6.54 Å². The standard InChI is InChI=1S/C18H23N2O/c1-19(2)14-15-20-12-10-17(11-13-20)5-4-16-6-8-18(21-3)9-7-16/h4-13H,14-15H2,1-3H3/q+1. The molecule has 1 heterocycles. The van der Waals surface area contributed by atoms with E-state index in [4.69, 9.17) is 4.74 Å². The van der Waals surface area contributed by atoms with Gasteiger partial charge in [0.2, 0.25) is 0 Å². The van der Waals surface area contributed by atoms with Crippen LogP contribution in [0.15, 0.2) is 48.8 Å². The van der Waals surface area contributed by atoms with Gasteiger partial charge in [-0.3, -0.25) is 0 Å². The first kappa shape index (κ1) is 15.3. The molecule has 0 aliphatic heterocycles. The van der Waals surface area contributed by atoms with Gasteiger partial charge < -0.3 is 9.64 Å². The lowest BCUT2D eigenvalue weighted by atomic mass is 10.1. The number of rotatable bonds is 6. The molecule has 0 saturated carbocycles. The highest BCUT2D eigenvalue weighted by atomic mass is 16.5. The second kappa shape index (κ2) is 7.60. The highest BCUT2D eigenvalue weighted by Gasteiger charge is 2.00. The summed E-state index contributed by atoms with van der Waals surface area (Å²) in [4.78, 5) is 2.19. The van der Waals surface area contributed by atoms with Crippen molar-refractivity contribution in [3.8, 4) is 5.75 Å².